The van der Waals surface area contributed by atoms with Crippen LogP contribution < -0.4 is 0 Å². The molecule has 0 aliphatic carbocycles. The smallest absolute Gasteiger partial charge is 0.0561 e. The van der Waals surface area contributed by atoms with E-state index in [0.717, 1.165) is 12.4 Å². The number of hydrogen-bond donors (Lipinski definition) is 0. The summed E-state index contributed by atoms with van der Waals surface area (Å²) in [5.41, 5.74) is 0. The van der Waals surface area contributed by atoms with E-state index >= 15 is 0 Å². The van der Waals surface area contributed by atoms with Crippen molar-refractivity contribution in [1.82, 2.24) is 0 Å². The Hall–Kier alpha value is 0.660. The van der Waals surface area contributed by atoms with Crippen LogP contribution in [0.3, 0.4) is 0 Å². The first kappa shape index (κ1) is 7.66. The normalized spacial score (nSPS) is 9.43. The SMILES string of the molecule is COCCSSC. The summed E-state index contributed by atoms with van der Waals surface area (Å²) in [5, 5.41) is 0. The second-order valence-electron chi connectivity index (χ2n) is 0.981. The first-order valence-corrected chi connectivity index (χ1v) is 4.79. The maximum atomic E-state index is 4.81. The Labute approximate surface area is 52.6 Å². The van der Waals surface area contributed by atoms with Crippen molar-refractivity contribution in [3.8, 4) is 0 Å². The molecule has 0 bridgehead atoms. The maximum Gasteiger partial charge on any atom is 0.0561 e. The molecule has 3 heteroatoms. The van der Waals surface area contributed by atoms with Gasteiger partial charge in [0.15, 0.2) is 0 Å². The third-order valence-corrected chi connectivity index (χ3v) is 2.26. The number of rotatable bonds is 4. The van der Waals surface area contributed by atoms with Crippen molar-refractivity contribution in [2.24, 2.45) is 0 Å². The van der Waals surface area contributed by atoms with E-state index in [9.17, 15) is 0 Å². The second-order valence-corrected chi connectivity index (χ2v) is 3.67. The highest BCUT2D eigenvalue weighted by atomic mass is 33.1. The fourth-order valence-corrected chi connectivity index (χ4v) is 1.31. The molecule has 0 amide bonds. The zero-order chi connectivity index (χ0) is 5.54. The first-order chi connectivity index (χ1) is 3.41. The fourth-order valence-electron chi connectivity index (χ4n) is 0.201. The van der Waals surface area contributed by atoms with Crippen LogP contribution in [0.4, 0.5) is 0 Å². The summed E-state index contributed by atoms with van der Waals surface area (Å²) in [7, 11) is 5.33. The average molecular weight is 138 g/mol. The molecule has 0 N–H and O–H groups in total. The first-order valence-electron chi connectivity index (χ1n) is 2.06. The molecule has 0 saturated carbocycles. The summed E-state index contributed by atoms with van der Waals surface area (Å²) in [6, 6.07) is 0. The lowest BCUT2D eigenvalue weighted by Gasteiger charge is -1.92. The summed E-state index contributed by atoms with van der Waals surface area (Å²) in [4.78, 5) is 0. The van der Waals surface area contributed by atoms with E-state index < -0.39 is 0 Å². The molecule has 44 valence electrons. The number of methoxy groups -OCH3 is 1. The van der Waals surface area contributed by atoms with Crippen molar-refractivity contribution in [3.05, 3.63) is 0 Å². The average Bonchev–Trinajstić information content (AvgIpc) is 1.69. The van der Waals surface area contributed by atoms with Gasteiger partial charge < -0.3 is 4.74 Å². The van der Waals surface area contributed by atoms with E-state index in [4.69, 9.17) is 4.74 Å². The Bertz CT molecular complexity index is 28.9. The number of ether oxygens (including phenoxy) is 1. The lowest BCUT2D eigenvalue weighted by atomic mass is 10.9. The van der Waals surface area contributed by atoms with Crippen molar-refractivity contribution in [2.45, 2.75) is 0 Å². The van der Waals surface area contributed by atoms with Gasteiger partial charge in [-0.25, -0.2) is 0 Å². The predicted octanol–water partition coefficient (Wildman–Crippen LogP) is 1.64. The molecule has 7 heavy (non-hydrogen) atoms. The van der Waals surface area contributed by atoms with Crippen molar-refractivity contribution >= 4 is 21.6 Å². The topological polar surface area (TPSA) is 9.23 Å². The van der Waals surface area contributed by atoms with E-state index in [1.165, 1.54) is 0 Å². The molecular formula is C4H10OS2. The molecule has 0 aromatic rings. The zero-order valence-corrected chi connectivity index (χ0v) is 6.27. The monoisotopic (exact) mass is 138 g/mol. The van der Waals surface area contributed by atoms with Crippen molar-refractivity contribution in [2.75, 3.05) is 25.7 Å². The van der Waals surface area contributed by atoms with Crippen LogP contribution in [0.15, 0.2) is 0 Å². The van der Waals surface area contributed by atoms with Gasteiger partial charge >= 0.3 is 0 Å². The van der Waals surface area contributed by atoms with Crippen LogP contribution in [0.2, 0.25) is 0 Å². The van der Waals surface area contributed by atoms with Crippen LogP contribution in [-0.2, 0) is 4.74 Å². The third kappa shape index (κ3) is 6.66. The Kier molecular flexibility index (Phi) is 7.29. The minimum atomic E-state index is 0.867. The van der Waals surface area contributed by atoms with Crippen molar-refractivity contribution in [1.29, 1.82) is 0 Å². The lowest BCUT2D eigenvalue weighted by Crippen LogP contribution is -1.88. The van der Waals surface area contributed by atoms with Gasteiger partial charge in [-0.2, -0.15) is 0 Å². The summed E-state index contributed by atoms with van der Waals surface area (Å²) < 4.78 is 4.81. The van der Waals surface area contributed by atoms with Crippen LogP contribution in [0.1, 0.15) is 0 Å². The highest BCUT2D eigenvalue weighted by Gasteiger charge is 1.80. The van der Waals surface area contributed by atoms with E-state index in [1.54, 1.807) is 17.9 Å². The summed E-state index contributed by atoms with van der Waals surface area (Å²) in [5.74, 6) is 1.09. The fraction of sp³-hybridized carbons (Fsp3) is 1.00. The summed E-state index contributed by atoms with van der Waals surface area (Å²) >= 11 is 0. The summed E-state index contributed by atoms with van der Waals surface area (Å²) in [6.45, 7) is 0.867. The van der Waals surface area contributed by atoms with Gasteiger partial charge in [-0.3, -0.25) is 0 Å². The molecule has 0 unspecified atom stereocenters. The molecule has 0 aromatic carbocycles. The van der Waals surface area contributed by atoms with Crippen LogP contribution in [0.5, 0.6) is 0 Å². The Morgan fingerprint density at radius 3 is 2.71 bits per heavy atom. The largest absolute Gasteiger partial charge is 0.384 e. The molecule has 0 saturated heterocycles. The van der Waals surface area contributed by atoms with Crippen molar-refractivity contribution in [3.63, 3.8) is 0 Å². The van der Waals surface area contributed by atoms with Gasteiger partial charge in [-0.05, 0) is 6.26 Å². The molecule has 0 aromatic heterocycles. The van der Waals surface area contributed by atoms with Gasteiger partial charge in [-0.15, -0.1) is 0 Å². The minimum Gasteiger partial charge on any atom is -0.384 e. The lowest BCUT2D eigenvalue weighted by molar-refractivity contribution is 0.219. The molecule has 0 aliphatic heterocycles. The van der Waals surface area contributed by atoms with Gasteiger partial charge in [-0.1, -0.05) is 21.6 Å². The molecule has 0 atom stereocenters. The molecule has 0 rings (SSSR count). The maximum absolute atomic E-state index is 4.81. The molecule has 0 aliphatic rings. The minimum absolute atomic E-state index is 0.867. The Balaban J connectivity index is 2.45. The van der Waals surface area contributed by atoms with Gasteiger partial charge in [0.05, 0.1) is 6.61 Å². The van der Waals surface area contributed by atoms with Crippen LogP contribution >= 0.6 is 21.6 Å². The van der Waals surface area contributed by atoms with E-state index in [-0.39, 0.29) is 0 Å². The van der Waals surface area contributed by atoms with Gasteiger partial charge in [0.2, 0.25) is 0 Å². The molecule has 0 heterocycles. The quantitative estimate of drug-likeness (QED) is 0.432. The predicted molar refractivity (Wildman–Crippen MR) is 37.8 cm³/mol. The molecule has 0 fully saturated rings. The number of hydrogen-bond acceptors (Lipinski definition) is 3. The molecule has 0 radical (unpaired) electrons. The third-order valence-electron chi connectivity index (χ3n) is 0.489. The van der Waals surface area contributed by atoms with Gasteiger partial charge in [0.25, 0.3) is 0 Å². The molecule has 1 nitrogen and oxygen atoms in total. The van der Waals surface area contributed by atoms with Gasteiger partial charge in [0, 0.05) is 12.9 Å². The summed E-state index contributed by atoms with van der Waals surface area (Å²) in [6.07, 6.45) is 2.07. The van der Waals surface area contributed by atoms with Crippen LogP contribution in [0.25, 0.3) is 0 Å². The van der Waals surface area contributed by atoms with E-state index in [0.29, 0.717) is 0 Å². The highest BCUT2D eigenvalue weighted by Crippen LogP contribution is 2.15. The van der Waals surface area contributed by atoms with Crippen LogP contribution in [0, 0.1) is 0 Å². The molecular weight excluding hydrogens is 128 g/mol. The van der Waals surface area contributed by atoms with Gasteiger partial charge in [0.1, 0.15) is 0 Å². The zero-order valence-electron chi connectivity index (χ0n) is 4.64. The van der Waals surface area contributed by atoms with E-state index in [1.807, 2.05) is 10.8 Å². The highest BCUT2D eigenvalue weighted by molar-refractivity contribution is 8.76. The van der Waals surface area contributed by atoms with Crippen molar-refractivity contribution < 1.29 is 4.74 Å². The molecule has 0 spiro atoms. The Morgan fingerprint density at radius 2 is 2.29 bits per heavy atom. The Morgan fingerprint density at radius 1 is 1.57 bits per heavy atom. The van der Waals surface area contributed by atoms with Crippen LogP contribution in [-0.4, -0.2) is 25.7 Å². The van der Waals surface area contributed by atoms with E-state index in [2.05, 4.69) is 6.26 Å². The standard InChI is InChI=1S/C4H10OS2/c1-5-3-4-7-6-2/h3-4H2,1-2H3. The second kappa shape index (κ2) is 6.66.